The van der Waals surface area contributed by atoms with Crippen molar-refractivity contribution in [2.24, 2.45) is 5.92 Å². The van der Waals surface area contributed by atoms with E-state index in [1.54, 1.807) is 0 Å². The fourth-order valence-corrected chi connectivity index (χ4v) is 2.01. The lowest BCUT2D eigenvalue weighted by molar-refractivity contribution is 0.0399. The molecule has 0 spiro atoms. The van der Waals surface area contributed by atoms with Gasteiger partial charge in [-0.15, -0.1) is 0 Å². The highest BCUT2D eigenvalue weighted by Gasteiger charge is 2.34. The molecule has 1 atom stereocenters. The van der Waals surface area contributed by atoms with Gasteiger partial charge in [0.05, 0.1) is 0 Å². The highest BCUT2D eigenvalue weighted by Crippen LogP contribution is 2.42. The number of hydrogen-bond acceptors (Lipinski definition) is 4. The lowest BCUT2D eigenvalue weighted by Gasteiger charge is -2.16. The van der Waals surface area contributed by atoms with Gasteiger partial charge in [0, 0.05) is 30.6 Å². The van der Waals surface area contributed by atoms with Crippen LogP contribution in [0.3, 0.4) is 0 Å². The van der Waals surface area contributed by atoms with E-state index >= 15 is 0 Å². The van der Waals surface area contributed by atoms with Gasteiger partial charge in [0.25, 0.3) is 0 Å². The van der Waals surface area contributed by atoms with Gasteiger partial charge in [-0.3, -0.25) is 0 Å². The van der Waals surface area contributed by atoms with Gasteiger partial charge >= 0.3 is 0 Å². The highest BCUT2D eigenvalue weighted by molar-refractivity contribution is 5.17. The predicted octanol–water partition coefficient (Wildman–Crippen LogP) is 1.99. The number of hydrogen-bond donors (Lipinski definition) is 1. The molecule has 0 aromatic carbocycles. The highest BCUT2D eigenvalue weighted by atomic mass is 16.5. The normalized spacial score (nSPS) is 17.1. The van der Waals surface area contributed by atoms with Gasteiger partial charge in [0.2, 0.25) is 0 Å². The van der Waals surface area contributed by atoms with Crippen molar-refractivity contribution < 1.29 is 4.74 Å². The van der Waals surface area contributed by atoms with E-state index in [4.69, 9.17) is 4.74 Å². The number of aromatic nitrogens is 2. The van der Waals surface area contributed by atoms with Crippen molar-refractivity contribution in [3.8, 4) is 0 Å². The molecule has 1 aromatic heterocycles. The number of nitrogens with one attached hydrogen (secondary N) is 1. The van der Waals surface area contributed by atoms with E-state index in [1.807, 2.05) is 27.1 Å². The van der Waals surface area contributed by atoms with E-state index in [1.165, 1.54) is 12.8 Å². The summed E-state index contributed by atoms with van der Waals surface area (Å²) in [6.07, 6.45) is 4.50. The maximum Gasteiger partial charge on any atom is 0.157 e. The summed E-state index contributed by atoms with van der Waals surface area (Å²) in [5, 5.41) is 3.12. The molecule has 17 heavy (non-hydrogen) atoms. The molecular formula is C13H21N3O. The zero-order chi connectivity index (χ0) is 12.3. The molecule has 1 unspecified atom stereocenters. The Hall–Kier alpha value is -1.00. The summed E-state index contributed by atoms with van der Waals surface area (Å²) in [7, 11) is 1.93. The monoisotopic (exact) mass is 235 g/mol. The van der Waals surface area contributed by atoms with Crippen molar-refractivity contribution in [2.75, 3.05) is 13.7 Å². The summed E-state index contributed by atoms with van der Waals surface area (Å²) in [4.78, 5) is 9.06. The first kappa shape index (κ1) is 12.5. The molecule has 1 fully saturated rings. The first-order valence-corrected chi connectivity index (χ1v) is 6.34. The van der Waals surface area contributed by atoms with Gasteiger partial charge in [-0.2, -0.15) is 0 Å². The molecule has 0 amide bonds. The van der Waals surface area contributed by atoms with Crippen LogP contribution in [0.15, 0.2) is 6.20 Å². The Morgan fingerprint density at radius 1 is 1.53 bits per heavy atom. The number of nitrogens with zero attached hydrogens (tertiary/aromatic N) is 2. The van der Waals surface area contributed by atoms with Crippen LogP contribution in [0.2, 0.25) is 0 Å². The molecule has 1 aliphatic rings. The molecule has 0 saturated heterocycles. The first-order chi connectivity index (χ1) is 8.26. The second-order valence-electron chi connectivity index (χ2n) is 4.58. The average Bonchev–Trinajstić information content (AvgIpc) is 3.13. The van der Waals surface area contributed by atoms with E-state index in [2.05, 4.69) is 15.3 Å². The van der Waals surface area contributed by atoms with E-state index in [0.29, 0.717) is 5.92 Å². The molecular weight excluding hydrogens is 214 g/mol. The maximum absolute atomic E-state index is 5.77. The summed E-state index contributed by atoms with van der Waals surface area (Å²) in [5.74, 6) is 1.48. The molecule has 4 heteroatoms. The van der Waals surface area contributed by atoms with Crippen LogP contribution in [-0.4, -0.2) is 23.6 Å². The Labute approximate surface area is 103 Å². The quantitative estimate of drug-likeness (QED) is 0.819. The SMILES string of the molecule is CCOC(c1ncc(CNC)c(C)n1)C1CC1. The Balaban J connectivity index is 2.16. The molecule has 4 nitrogen and oxygen atoms in total. The number of rotatable bonds is 6. The molecule has 0 bridgehead atoms. The molecule has 94 valence electrons. The summed E-state index contributed by atoms with van der Waals surface area (Å²) in [6.45, 7) is 5.60. The standard InChI is InChI=1S/C13H21N3O/c1-4-17-12(10-5-6-10)13-15-8-11(7-14-3)9(2)16-13/h8,10,12,14H,4-7H2,1-3H3. The lowest BCUT2D eigenvalue weighted by Crippen LogP contribution is -2.14. The van der Waals surface area contributed by atoms with Crippen LogP contribution in [0.25, 0.3) is 0 Å². The van der Waals surface area contributed by atoms with Crippen LogP contribution >= 0.6 is 0 Å². The maximum atomic E-state index is 5.77. The van der Waals surface area contributed by atoms with Crippen LogP contribution in [-0.2, 0) is 11.3 Å². The molecule has 0 radical (unpaired) electrons. The Bertz CT molecular complexity index is 377. The van der Waals surface area contributed by atoms with Crippen molar-refractivity contribution in [1.29, 1.82) is 0 Å². The van der Waals surface area contributed by atoms with Crippen molar-refractivity contribution in [2.45, 2.75) is 39.3 Å². The third-order valence-electron chi connectivity index (χ3n) is 3.12. The van der Waals surface area contributed by atoms with Crippen molar-refractivity contribution in [3.05, 3.63) is 23.3 Å². The lowest BCUT2D eigenvalue weighted by atomic mass is 10.2. The van der Waals surface area contributed by atoms with Gasteiger partial charge in [0.1, 0.15) is 6.10 Å². The Morgan fingerprint density at radius 3 is 2.82 bits per heavy atom. The number of aryl methyl sites for hydroxylation is 1. The minimum absolute atomic E-state index is 0.0994. The summed E-state index contributed by atoms with van der Waals surface area (Å²) in [5.41, 5.74) is 2.21. The summed E-state index contributed by atoms with van der Waals surface area (Å²) >= 11 is 0. The molecule has 1 saturated carbocycles. The van der Waals surface area contributed by atoms with Crippen molar-refractivity contribution in [1.82, 2.24) is 15.3 Å². The van der Waals surface area contributed by atoms with Gasteiger partial charge in [-0.1, -0.05) is 0 Å². The van der Waals surface area contributed by atoms with E-state index in [-0.39, 0.29) is 6.10 Å². The van der Waals surface area contributed by atoms with E-state index < -0.39 is 0 Å². The third-order valence-corrected chi connectivity index (χ3v) is 3.12. The topological polar surface area (TPSA) is 47.0 Å². The summed E-state index contributed by atoms with van der Waals surface area (Å²) < 4.78 is 5.77. The van der Waals surface area contributed by atoms with E-state index in [0.717, 1.165) is 30.2 Å². The largest absolute Gasteiger partial charge is 0.370 e. The Kier molecular flexibility index (Phi) is 4.07. The second-order valence-corrected chi connectivity index (χ2v) is 4.58. The Morgan fingerprint density at radius 2 is 2.29 bits per heavy atom. The molecule has 0 aliphatic heterocycles. The van der Waals surface area contributed by atoms with Crippen LogP contribution in [0.5, 0.6) is 0 Å². The van der Waals surface area contributed by atoms with Gasteiger partial charge in [0.15, 0.2) is 5.82 Å². The first-order valence-electron chi connectivity index (χ1n) is 6.34. The molecule has 2 rings (SSSR count). The zero-order valence-corrected chi connectivity index (χ0v) is 10.9. The fourth-order valence-electron chi connectivity index (χ4n) is 2.01. The fraction of sp³-hybridized carbons (Fsp3) is 0.692. The summed E-state index contributed by atoms with van der Waals surface area (Å²) in [6, 6.07) is 0. The predicted molar refractivity (Wildman–Crippen MR) is 66.6 cm³/mol. The third kappa shape index (κ3) is 3.01. The van der Waals surface area contributed by atoms with Crippen LogP contribution in [0, 0.1) is 12.8 Å². The van der Waals surface area contributed by atoms with Gasteiger partial charge < -0.3 is 10.1 Å². The molecule has 1 N–H and O–H groups in total. The average molecular weight is 235 g/mol. The van der Waals surface area contributed by atoms with Crippen LogP contribution in [0.4, 0.5) is 0 Å². The van der Waals surface area contributed by atoms with E-state index in [9.17, 15) is 0 Å². The second kappa shape index (κ2) is 5.56. The van der Waals surface area contributed by atoms with Crippen LogP contribution in [0.1, 0.15) is 43.0 Å². The van der Waals surface area contributed by atoms with Gasteiger partial charge in [-0.25, -0.2) is 9.97 Å². The minimum Gasteiger partial charge on any atom is -0.370 e. The smallest absolute Gasteiger partial charge is 0.157 e. The minimum atomic E-state index is 0.0994. The molecule has 1 aromatic rings. The van der Waals surface area contributed by atoms with Crippen LogP contribution < -0.4 is 5.32 Å². The molecule has 1 heterocycles. The zero-order valence-electron chi connectivity index (χ0n) is 10.9. The van der Waals surface area contributed by atoms with Gasteiger partial charge in [-0.05, 0) is 39.7 Å². The van der Waals surface area contributed by atoms with Crippen molar-refractivity contribution >= 4 is 0 Å². The molecule has 1 aliphatic carbocycles. The number of ether oxygens (including phenoxy) is 1. The van der Waals surface area contributed by atoms with Crippen molar-refractivity contribution in [3.63, 3.8) is 0 Å².